The number of carboxylic acids is 2. The van der Waals surface area contributed by atoms with Crippen LogP contribution in [0.25, 0.3) is 33.4 Å². The van der Waals surface area contributed by atoms with Crippen LogP contribution in [-0.2, 0) is 47.8 Å². The third kappa shape index (κ3) is 22.5. The number of hydrogen-bond donors (Lipinski definition) is 5. The van der Waals surface area contributed by atoms with Gasteiger partial charge in [0.2, 0.25) is 11.8 Å². The Balaban J connectivity index is 0.000000169. The number of amides is 2. The molecule has 28 nitrogen and oxygen atoms in total. The number of anilines is 2. The van der Waals surface area contributed by atoms with E-state index >= 15 is 0 Å². The smallest absolute Gasteiger partial charge is 0.310 e. The van der Waals surface area contributed by atoms with Crippen LogP contribution in [0.2, 0.25) is 5.02 Å². The molecule has 10 fully saturated rings. The molecule has 0 spiro atoms. The lowest BCUT2D eigenvalue weighted by atomic mass is 9.77. The first-order chi connectivity index (χ1) is 59.5. The number of hydrogen-bond acceptors (Lipinski definition) is 22. The number of aromatic nitrogens is 6. The van der Waals surface area contributed by atoms with E-state index in [-0.39, 0.29) is 111 Å². The summed E-state index contributed by atoms with van der Waals surface area (Å²) < 4.78 is 34.1. The van der Waals surface area contributed by atoms with E-state index in [0.717, 1.165) is 79.7 Å². The Bertz CT molecular complexity index is 4850. The van der Waals surface area contributed by atoms with Crippen molar-refractivity contribution in [3.63, 3.8) is 0 Å². The zero-order valence-corrected chi connectivity index (χ0v) is 75.8. The first kappa shape index (κ1) is 92.1. The summed E-state index contributed by atoms with van der Waals surface area (Å²) in [5, 5.41) is 48.4. The van der Waals surface area contributed by atoms with E-state index in [1.165, 1.54) is 69.4 Å². The number of nitrogens with zero attached hydrogens (tertiary/aromatic N) is 10. The van der Waals surface area contributed by atoms with Crippen LogP contribution in [0, 0.1) is 75.9 Å². The molecule has 0 radical (unpaired) electrons. The summed E-state index contributed by atoms with van der Waals surface area (Å²) in [5.74, 6) is 1.66. The van der Waals surface area contributed by atoms with E-state index in [9.17, 15) is 53.7 Å². The number of piperidine rings is 2. The fraction of sp³-hybridized carbons (Fsp3) is 0.656. The lowest BCUT2D eigenvalue weighted by Gasteiger charge is -2.35. The number of carbonyl (C=O) groups is 8. The van der Waals surface area contributed by atoms with Crippen LogP contribution in [0.3, 0.4) is 0 Å². The van der Waals surface area contributed by atoms with E-state index < -0.39 is 81.7 Å². The monoisotopic (exact) mass is 1740 g/mol. The van der Waals surface area contributed by atoms with Crippen molar-refractivity contribution < 1.29 is 77.4 Å². The van der Waals surface area contributed by atoms with Gasteiger partial charge >= 0.3 is 23.9 Å². The molecule has 0 bridgehead atoms. The summed E-state index contributed by atoms with van der Waals surface area (Å²) in [6, 6.07) is 17.5. The van der Waals surface area contributed by atoms with Crippen LogP contribution in [0.1, 0.15) is 217 Å². The summed E-state index contributed by atoms with van der Waals surface area (Å²) >= 11 is 6.51. The molecule has 17 atom stereocenters. The van der Waals surface area contributed by atoms with E-state index in [1.807, 2.05) is 149 Å². The van der Waals surface area contributed by atoms with Gasteiger partial charge in [-0.15, -0.1) is 10.2 Å². The SMILES string of the molecule is CC[C@@H]1C[C@]1(CC(=O)[C@@H]1C[C@@H](O)CN1C(=O)[C@@H](CC(=O)OC1CC2C[C@H]2C1)C(C)(C)C)C(=O)O.CC[C@@H]1C[C@]1(CC(=O)[C@@H]1C[C@@H](Oc2cc(-n3ccc(NC(C)C)n3)nc3cc(OCCN4CCCCC4)ccc23)CN1C(=O)[C@@H](CC(=O)OC1CC2C[C@H]2C1)C(C)(C)C)C(=O)O.[CH2+]C(C)Nc1ccn(-c2cc(Cl)c3ccc(OCCN4CCCCC4)cc3n2)n1. The standard InChI is InChI=1S/C48H66N6O8.C26H39NO7.C22H27ClN5O/c1-7-32-26-48(32,46(58)59)27-40(55)39-23-35(28-53(39)45(57)37(47(4,5)6)24-44(56)62-34-20-30-19-31(30)21-34)61-41-25-43(54-16-13-42(51-54)49-29(2)3)50-38-22-33(11-12-36(38)41)60-18-17-52-14-9-8-10-15-52;1-5-16-11-26(16,24(32)33)12-21(29)20-9-17(28)13-27(20)23(31)19(25(2,3)4)10-22(30)34-18-7-14-6-15(14)8-18;1-16(2)24-21-8-11-28(26-21)22-15-19(23)18-7-6-17(14-20(18)25-22)29-13-12-27-9-4-3-5-10-27/h11-13,16,22,25,29-32,34-35,37,39H,7-10,14-15,17-21,23-24,26-28H2,1-6H3,(H,49,51)(H,58,59);14-20,28H,5-13H2,1-4H3,(H,32,33);6-8,11,14-16H,1,3-5,9-10,12-13H2,2H3,(H,24,26)/q;;+1/t30-,31?,32+,34?,35+,37+,39-,48+;14-,15?,16+,17+,18?,19+,20-,26+;/m00./s1. The van der Waals surface area contributed by atoms with Gasteiger partial charge in [0.05, 0.1) is 83.2 Å². The second kappa shape index (κ2) is 38.8. The van der Waals surface area contributed by atoms with E-state index in [0.29, 0.717) is 102 Å². The van der Waals surface area contributed by atoms with Gasteiger partial charge < -0.3 is 59.4 Å². The molecule has 678 valence electrons. The maximum atomic E-state index is 14.9. The summed E-state index contributed by atoms with van der Waals surface area (Å²) in [6.45, 7) is 32.9. The summed E-state index contributed by atoms with van der Waals surface area (Å²) in [7, 11) is 0. The molecule has 4 aliphatic heterocycles. The van der Waals surface area contributed by atoms with E-state index in [2.05, 4.69) is 32.5 Å². The number of aliphatic carboxylic acids is 2. The fourth-order valence-electron chi connectivity index (χ4n) is 20.4. The van der Waals surface area contributed by atoms with Gasteiger partial charge in [-0.2, -0.15) is 0 Å². The van der Waals surface area contributed by atoms with Crippen LogP contribution >= 0.6 is 11.6 Å². The number of aliphatic hydroxyl groups excluding tert-OH is 1. The lowest BCUT2D eigenvalue weighted by molar-refractivity contribution is -0.157. The zero-order valence-electron chi connectivity index (χ0n) is 75.0. The molecule has 8 heterocycles. The fourth-order valence-corrected chi connectivity index (χ4v) is 20.7. The van der Waals surface area contributed by atoms with Gasteiger partial charge in [-0.1, -0.05) is 92.7 Å². The number of ketones is 2. The van der Waals surface area contributed by atoms with Crippen molar-refractivity contribution in [1.29, 1.82) is 0 Å². The average molecular weight is 1750 g/mol. The molecule has 6 saturated carbocycles. The van der Waals surface area contributed by atoms with Crippen LogP contribution in [-0.4, -0.2) is 226 Å². The van der Waals surface area contributed by atoms with Gasteiger partial charge in [0.15, 0.2) is 35.1 Å². The quantitative estimate of drug-likeness (QED) is 0.0185. The molecule has 6 aromatic rings. The Hall–Kier alpha value is -9.12. The van der Waals surface area contributed by atoms with Gasteiger partial charge in [0.25, 0.3) is 0 Å². The van der Waals surface area contributed by atoms with Crippen molar-refractivity contribution in [3.05, 3.63) is 85.0 Å². The van der Waals surface area contributed by atoms with E-state index in [1.54, 1.807) is 14.3 Å². The normalized spacial score (nSPS) is 27.5. The second-order valence-corrected chi connectivity index (χ2v) is 40.5. The van der Waals surface area contributed by atoms with Crippen LogP contribution in [0.4, 0.5) is 11.6 Å². The number of aliphatic hydroxyl groups is 1. The Labute approximate surface area is 740 Å². The maximum Gasteiger partial charge on any atom is 0.310 e. The minimum absolute atomic E-state index is 0.0140. The molecule has 4 saturated heterocycles. The van der Waals surface area contributed by atoms with Crippen LogP contribution < -0.4 is 24.8 Å². The molecule has 6 aliphatic carbocycles. The predicted octanol–water partition coefficient (Wildman–Crippen LogP) is 14.7. The number of ether oxygens (including phenoxy) is 5. The molecular formula is C96H132ClN12O16+. The number of benzene rings is 2. The van der Waals surface area contributed by atoms with Crippen molar-refractivity contribution in [3.8, 4) is 28.9 Å². The number of likely N-dealkylation sites (tertiary alicyclic amines) is 4. The molecule has 16 rings (SSSR count). The average Bonchev–Trinajstić information content (AvgIpc) is 1.59. The Morgan fingerprint density at radius 2 is 0.992 bits per heavy atom. The highest BCUT2D eigenvalue weighted by molar-refractivity contribution is 6.35. The van der Waals surface area contributed by atoms with Gasteiger partial charge in [0.1, 0.15) is 54.6 Å². The largest absolute Gasteiger partial charge is 0.492 e. The van der Waals surface area contributed by atoms with Crippen molar-refractivity contribution in [2.75, 3.05) is 76.2 Å². The minimum Gasteiger partial charge on any atom is -0.492 e. The van der Waals surface area contributed by atoms with Gasteiger partial charge in [-0.05, 0) is 195 Å². The number of carboxylic acid groups (broad SMARTS) is 2. The number of pyridine rings is 2. The second-order valence-electron chi connectivity index (χ2n) is 40.1. The highest BCUT2D eigenvalue weighted by Crippen LogP contribution is 2.60. The predicted molar refractivity (Wildman–Crippen MR) is 475 cm³/mol. The summed E-state index contributed by atoms with van der Waals surface area (Å²) in [6.07, 6.45) is 17.7. The molecule has 2 amide bonds. The van der Waals surface area contributed by atoms with E-state index in [4.69, 9.17) is 50.4 Å². The summed E-state index contributed by atoms with van der Waals surface area (Å²) in [5.41, 5.74) is -1.95. The Kier molecular flexibility index (Phi) is 28.6. The molecule has 4 aromatic heterocycles. The zero-order chi connectivity index (χ0) is 89.1. The third-order valence-corrected chi connectivity index (χ3v) is 28.3. The topological polar surface area (TPSA) is 342 Å². The highest BCUT2D eigenvalue weighted by Gasteiger charge is 2.63. The third-order valence-electron chi connectivity index (χ3n) is 28.0. The number of rotatable bonds is 34. The lowest BCUT2D eigenvalue weighted by Crippen LogP contribution is -2.48. The van der Waals surface area contributed by atoms with Crippen molar-refractivity contribution in [2.24, 2.45) is 69.0 Å². The molecule has 10 aliphatic rings. The van der Waals surface area contributed by atoms with Gasteiger partial charge in [0, 0.05) is 111 Å². The molecule has 125 heavy (non-hydrogen) atoms. The van der Waals surface area contributed by atoms with Crippen molar-refractivity contribution in [1.82, 2.24) is 49.1 Å². The highest BCUT2D eigenvalue weighted by atomic mass is 35.5. The molecule has 5 unspecified atom stereocenters. The van der Waals surface area contributed by atoms with Crippen molar-refractivity contribution >= 4 is 92.3 Å². The molecule has 5 N–H and O–H groups in total. The number of fused-ring (bicyclic) bond motifs is 4. The minimum atomic E-state index is -1.13. The first-order valence-electron chi connectivity index (χ1n) is 46.1. The van der Waals surface area contributed by atoms with Crippen LogP contribution in [0.5, 0.6) is 17.2 Å². The summed E-state index contributed by atoms with van der Waals surface area (Å²) in [4.78, 5) is 124. The number of nitrogens with one attached hydrogen (secondary N) is 2. The maximum absolute atomic E-state index is 14.9. The van der Waals surface area contributed by atoms with Crippen molar-refractivity contribution in [2.45, 2.75) is 266 Å². The molecular weight excluding hydrogens is 1610 g/mol. The van der Waals surface area contributed by atoms with Crippen LogP contribution in [0.15, 0.2) is 73.1 Å². The number of carbonyl (C=O) groups excluding carboxylic acids is 6. The van der Waals surface area contributed by atoms with Gasteiger partial charge in [-0.25, -0.2) is 19.3 Å². The first-order valence-corrected chi connectivity index (χ1v) is 46.5. The Morgan fingerprint density at radius 1 is 0.552 bits per heavy atom. The number of esters is 2. The number of β-amino-alcohol motifs (C(OH)–C–C–N with tert-alkyl or cyclic N) is 1. The molecule has 2 aromatic carbocycles. The molecule has 29 heteroatoms. The van der Waals surface area contributed by atoms with Gasteiger partial charge in [-0.3, -0.25) is 48.2 Å². The number of Topliss-reactive ketones (excluding diaryl/α,β-unsaturated/α-hetero) is 2. The Morgan fingerprint density at radius 3 is 1.43 bits per heavy atom. The number of halogens is 1.